The molecule has 0 radical (unpaired) electrons. The van der Waals surface area contributed by atoms with Crippen molar-refractivity contribution >= 4 is 23.1 Å². The standard InChI is InChI=1S/C17H15N5O2S2/c1-23-12-6-4-11(5-7-12)16-21-20-15(24-16)10-26-17-18-14(19-22-17)9-13-3-2-8-25-13/h2-8H,9-10H2,1H3,(H,18,19,22). The van der Waals surface area contributed by atoms with E-state index in [1.54, 1.807) is 18.4 Å². The smallest absolute Gasteiger partial charge is 0.247 e. The molecule has 1 N–H and O–H groups in total. The van der Waals surface area contributed by atoms with Crippen LogP contribution < -0.4 is 4.74 Å². The van der Waals surface area contributed by atoms with Crippen molar-refractivity contribution in [3.63, 3.8) is 0 Å². The number of rotatable bonds is 7. The molecule has 4 aromatic rings. The Morgan fingerprint density at radius 2 is 2.08 bits per heavy atom. The first kappa shape index (κ1) is 16.8. The van der Waals surface area contributed by atoms with Crippen LogP contribution in [-0.4, -0.2) is 32.5 Å². The molecule has 0 atom stereocenters. The molecule has 132 valence electrons. The van der Waals surface area contributed by atoms with Crippen molar-refractivity contribution in [2.75, 3.05) is 7.11 Å². The SMILES string of the molecule is COc1ccc(-c2nnc(CSc3n[nH]c(Cc4cccs4)n3)o2)cc1. The first-order chi connectivity index (χ1) is 12.8. The van der Waals surface area contributed by atoms with E-state index in [4.69, 9.17) is 9.15 Å². The number of benzene rings is 1. The van der Waals surface area contributed by atoms with Crippen molar-refractivity contribution in [1.29, 1.82) is 0 Å². The van der Waals surface area contributed by atoms with Gasteiger partial charge in [0.25, 0.3) is 0 Å². The van der Waals surface area contributed by atoms with Gasteiger partial charge in [-0.2, -0.15) is 0 Å². The maximum absolute atomic E-state index is 5.71. The fraction of sp³-hybridized carbons (Fsp3) is 0.176. The number of H-pyrrole nitrogens is 1. The molecule has 7 nitrogen and oxygen atoms in total. The van der Waals surface area contributed by atoms with Gasteiger partial charge < -0.3 is 9.15 Å². The van der Waals surface area contributed by atoms with Crippen LogP contribution in [0.15, 0.2) is 51.4 Å². The van der Waals surface area contributed by atoms with Crippen LogP contribution >= 0.6 is 23.1 Å². The Kier molecular flexibility index (Phi) is 4.98. The summed E-state index contributed by atoms with van der Waals surface area (Å²) in [6.07, 6.45) is 0.757. The molecule has 4 rings (SSSR count). The molecule has 0 amide bonds. The van der Waals surface area contributed by atoms with Crippen LogP contribution in [0.25, 0.3) is 11.5 Å². The van der Waals surface area contributed by atoms with E-state index in [-0.39, 0.29) is 0 Å². The molecule has 0 fully saturated rings. The van der Waals surface area contributed by atoms with E-state index < -0.39 is 0 Å². The molecule has 9 heteroatoms. The third kappa shape index (κ3) is 3.94. The van der Waals surface area contributed by atoms with Gasteiger partial charge >= 0.3 is 0 Å². The number of thiophene rings is 1. The van der Waals surface area contributed by atoms with Gasteiger partial charge in [0.2, 0.25) is 16.9 Å². The minimum atomic E-state index is 0.483. The molecular formula is C17H15N5O2S2. The molecule has 3 aromatic heterocycles. The van der Waals surface area contributed by atoms with Crippen molar-refractivity contribution in [1.82, 2.24) is 25.4 Å². The highest BCUT2D eigenvalue weighted by molar-refractivity contribution is 7.98. The lowest BCUT2D eigenvalue weighted by Crippen LogP contribution is -1.87. The van der Waals surface area contributed by atoms with Gasteiger partial charge in [0.15, 0.2) is 0 Å². The Bertz CT molecular complexity index is 963. The Morgan fingerprint density at radius 3 is 2.85 bits per heavy atom. The van der Waals surface area contributed by atoms with Crippen LogP contribution in [-0.2, 0) is 12.2 Å². The van der Waals surface area contributed by atoms with E-state index >= 15 is 0 Å². The number of nitrogens with zero attached hydrogens (tertiary/aromatic N) is 4. The van der Waals surface area contributed by atoms with Gasteiger partial charge in [0.1, 0.15) is 11.6 Å². The highest BCUT2D eigenvalue weighted by Crippen LogP contribution is 2.24. The Morgan fingerprint density at radius 1 is 1.19 bits per heavy atom. The van der Waals surface area contributed by atoms with Gasteiger partial charge in [0, 0.05) is 16.9 Å². The van der Waals surface area contributed by atoms with Gasteiger partial charge in [-0.05, 0) is 35.7 Å². The molecule has 0 aliphatic rings. The second kappa shape index (κ2) is 7.71. The average Bonchev–Trinajstić information content (AvgIpc) is 3.43. The van der Waals surface area contributed by atoms with Crippen molar-refractivity contribution in [2.24, 2.45) is 0 Å². The number of hydrogen-bond acceptors (Lipinski definition) is 8. The minimum absolute atomic E-state index is 0.483. The van der Waals surface area contributed by atoms with Crippen LogP contribution in [0.2, 0.25) is 0 Å². The monoisotopic (exact) mass is 385 g/mol. The molecule has 3 heterocycles. The molecule has 0 saturated heterocycles. The minimum Gasteiger partial charge on any atom is -0.497 e. The molecule has 0 aliphatic carbocycles. The predicted octanol–water partition coefficient (Wildman–Crippen LogP) is 3.81. The number of methoxy groups -OCH3 is 1. The predicted molar refractivity (Wildman–Crippen MR) is 99.4 cm³/mol. The van der Waals surface area contributed by atoms with E-state index in [1.807, 2.05) is 30.3 Å². The summed E-state index contributed by atoms with van der Waals surface area (Å²) in [5.74, 6) is 3.16. The molecule has 26 heavy (non-hydrogen) atoms. The average molecular weight is 385 g/mol. The summed E-state index contributed by atoms with van der Waals surface area (Å²) in [5.41, 5.74) is 0.852. The zero-order chi connectivity index (χ0) is 17.8. The summed E-state index contributed by atoms with van der Waals surface area (Å²) in [5, 5.41) is 18.1. The number of ether oxygens (including phenoxy) is 1. The zero-order valence-corrected chi connectivity index (χ0v) is 15.5. The van der Waals surface area contributed by atoms with Crippen LogP contribution in [0.1, 0.15) is 16.6 Å². The molecule has 1 aromatic carbocycles. The Hall–Kier alpha value is -2.65. The number of hydrogen-bond donors (Lipinski definition) is 1. The first-order valence-electron chi connectivity index (χ1n) is 7.83. The summed E-state index contributed by atoms with van der Waals surface area (Å²) in [7, 11) is 1.63. The molecule has 0 bridgehead atoms. The lowest BCUT2D eigenvalue weighted by Gasteiger charge is -1.99. The van der Waals surface area contributed by atoms with Gasteiger partial charge in [-0.15, -0.1) is 26.6 Å². The topological polar surface area (TPSA) is 89.7 Å². The number of aromatic amines is 1. The fourth-order valence-electron chi connectivity index (χ4n) is 2.29. The lowest BCUT2D eigenvalue weighted by atomic mass is 10.2. The quantitative estimate of drug-likeness (QED) is 0.484. The third-order valence-electron chi connectivity index (χ3n) is 3.56. The van der Waals surface area contributed by atoms with Crippen molar-refractivity contribution < 1.29 is 9.15 Å². The molecule has 0 unspecified atom stereocenters. The van der Waals surface area contributed by atoms with Crippen LogP contribution in [0.5, 0.6) is 5.75 Å². The van der Waals surface area contributed by atoms with E-state index in [2.05, 4.69) is 36.8 Å². The van der Waals surface area contributed by atoms with Gasteiger partial charge in [-0.3, -0.25) is 5.10 Å². The highest BCUT2D eigenvalue weighted by Gasteiger charge is 2.11. The molecule has 0 spiro atoms. The number of thioether (sulfide) groups is 1. The van der Waals surface area contributed by atoms with Crippen LogP contribution in [0.3, 0.4) is 0 Å². The van der Waals surface area contributed by atoms with Crippen molar-refractivity contribution in [2.45, 2.75) is 17.3 Å². The van der Waals surface area contributed by atoms with E-state index in [0.29, 0.717) is 22.7 Å². The largest absolute Gasteiger partial charge is 0.497 e. The maximum Gasteiger partial charge on any atom is 0.247 e. The zero-order valence-electron chi connectivity index (χ0n) is 13.9. The van der Waals surface area contributed by atoms with E-state index in [9.17, 15) is 0 Å². The summed E-state index contributed by atoms with van der Waals surface area (Å²) >= 11 is 3.16. The third-order valence-corrected chi connectivity index (χ3v) is 5.27. The number of aromatic nitrogens is 5. The second-order valence-electron chi connectivity index (χ2n) is 5.34. The number of nitrogens with one attached hydrogen (secondary N) is 1. The van der Waals surface area contributed by atoms with Gasteiger partial charge in [-0.1, -0.05) is 17.8 Å². The highest BCUT2D eigenvalue weighted by atomic mass is 32.2. The van der Waals surface area contributed by atoms with Gasteiger partial charge in [0.05, 0.1) is 12.9 Å². The second-order valence-corrected chi connectivity index (χ2v) is 7.31. The van der Waals surface area contributed by atoms with Crippen LogP contribution in [0.4, 0.5) is 0 Å². The molecule has 0 saturated carbocycles. The maximum atomic E-state index is 5.71. The summed E-state index contributed by atoms with van der Waals surface area (Å²) < 4.78 is 10.9. The van der Waals surface area contributed by atoms with Crippen molar-refractivity contribution in [3.05, 3.63) is 58.4 Å². The lowest BCUT2D eigenvalue weighted by molar-refractivity contribution is 0.415. The van der Waals surface area contributed by atoms with E-state index in [1.165, 1.54) is 16.6 Å². The summed E-state index contributed by atoms with van der Waals surface area (Å²) in [4.78, 5) is 5.73. The summed E-state index contributed by atoms with van der Waals surface area (Å²) in [6, 6.07) is 11.6. The molecule has 0 aliphatic heterocycles. The van der Waals surface area contributed by atoms with Crippen LogP contribution in [0, 0.1) is 0 Å². The van der Waals surface area contributed by atoms with E-state index in [0.717, 1.165) is 23.6 Å². The normalized spacial score (nSPS) is 11.0. The summed E-state index contributed by atoms with van der Waals surface area (Å²) in [6.45, 7) is 0. The van der Waals surface area contributed by atoms with Crippen molar-refractivity contribution in [3.8, 4) is 17.2 Å². The Labute approximate surface area is 157 Å². The Balaban J connectivity index is 1.36. The van der Waals surface area contributed by atoms with Gasteiger partial charge in [-0.25, -0.2) is 4.98 Å². The fourth-order valence-corrected chi connectivity index (χ4v) is 3.65. The molecular weight excluding hydrogens is 370 g/mol. The first-order valence-corrected chi connectivity index (χ1v) is 9.70.